The molecule has 0 aromatic heterocycles. The Morgan fingerprint density at radius 2 is 2.05 bits per heavy atom. The molecule has 0 fully saturated rings. The molecule has 19 heavy (non-hydrogen) atoms. The van der Waals surface area contributed by atoms with Gasteiger partial charge in [-0.3, -0.25) is 4.99 Å². The van der Waals surface area contributed by atoms with Gasteiger partial charge in [-0.05, 0) is 26.7 Å². The van der Waals surface area contributed by atoms with Crippen LogP contribution in [-0.2, 0) is 0 Å². The lowest BCUT2D eigenvalue weighted by Gasteiger charge is -2.09. The molecule has 4 heteroatoms. The molecule has 0 aliphatic rings. The van der Waals surface area contributed by atoms with Crippen LogP contribution >= 0.6 is 15.9 Å². The molecule has 0 saturated heterocycles. The van der Waals surface area contributed by atoms with Gasteiger partial charge in [-0.1, -0.05) is 36.4 Å². The van der Waals surface area contributed by atoms with Crippen molar-refractivity contribution in [1.82, 2.24) is 0 Å². The molecule has 2 rings (SSSR count). The van der Waals surface area contributed by atoms with Crippen LogP contribution in [0.2, 0.25) is 0 Å². The highest BCUT2D eigenvalue weighted by Crippen LogP contribution is 2.32. The van der Waals surface area contributed by atoms with E-state index in [0.29, 0.717) is 15.9 Å². The minimum absolute atomic E-state index is 0.595. The molecule has 0 radical (unpaired) electrons. The van der Waals surface area contributed by atoms with E-state index >= 15 is 0 Å². The van der Waals surface area contributed by atoms with Gasteiger partial charge in [-0.2, -0.15) is 0 Å². The fraction of sp³-hybridized carbons (Fsp3) is 0.0667. The van der Waals surface area contributed by atoms with Crippen LogP contribution in [0.4, 0.5) is 5.69 Å². The molecule has 2 aromatic carbocycles. The first kappa shape index (κ1) is 13.3. The van der Waals surface area contributed by atoms with E-state index in [9.17, 15) is 0 Å². The highest BCUT2D eigenvalue weighted by molar-refractivity contribution is 9.12. The van der Waals surface area contributed by atoms with Crippen LogP contribution in [0, 0.1) is 6.57 Å². The third-order valence-corrected chi connectivity index (χ3v) is 3.50. The summed E-state index contributed by atoms with van der Waals surface area (Å²) in [6.45, 7) is 7.44. The van der Waals surface area contributed by atoms with E-state index in [4.69, 9.17) is 12.3 Å². The molecule has 0 aliphatic heterocycles. The zero-order valence-electron chi connectivity index (χ0n) is 10.4. The summed E-state index contributed by atoms with van der Waals surface area (Å²) in [5.74, 6) is 0. The largest absolute Gasteiger partial charge is 0.404 e. The normalized spacial score (nSPS) is 12.5. The van der Waals surface area contributed by atoms with E-state index in [1.54, 1.807) is 7.05 Å². The Labute approximate surface area is 120 Å². The van der Waals surface area contributed by atoms with E-state index in [1.807, 2.05) is 36.4 Å². The van der Waals surface area contributed by atoms with Gasteiger partial charge in [0.2, 0.25) is 5.69 Å². The van der Waals surface area contributed by atoms with Gasteiger partial charge in [0.05, 0.1) is 16.8 Å². The maximum atomic E-state index is 7.44. The van der Waals surface area contributed by atoms with Crippen molar-refractivity contribution in [3.63, 3.8) is 0 Å². The lowest BCUT2D eigenvalue weighted by Crippen LogP contribution is -2.03. The molecule has 0 atom stereocenters. The number of nitrogens with two attached hydrogens (primary N) is 1. The summed E-state index contributed by atoms with van der Waals surface area (Å²) < 4.78 is 0.676. The Kier molecular flexibility index (Phi) is 3.98. The topological polar surface area (TPSA) is 42.7 Å². The lowest BCUT2D eigenvalue weighted by atomic mass is 10.0. The van der Waals surface area contributed by atoms with E-state index in [-0.39, 0.29) is 0 Å². The van der Waals surface area contributed by atoms with Crippen molar-refractivity contribution in [2.75, 3.05) is 7.05 Å². The number of fused-ring (bicyclic) bond motifs is 1. The molecule has 2 aromatic rings. The summed E-state index contributed by atoms with van der Waals surface area (Å²) in [6, 6.07) is 11.7. The number of allylic oxidation sites excluding steroid dienone is 1. The zero-order valence-corrected chi connectivity index (χ0v) is 12.0. The highest BCUT2D eigenvalue weighted by atomic mass is 79.9. The summed E-state index contributed by atoms with van der Waals surface area (Å²) in [5.41, 5.74) is 7.58. The number of benzene rings is 2. The average molecular weight is 314 g/mol. The Morgan fingerprint density at radius 3 is 2.68 bits per heavy atom. The minimum atomic E-state index is 0.595. The second-order valence-electron chi connectivity index (χ2n) is 3.88. The first-order valence-electron chi connectivity index (χ1n) is 5.67. The number of nitrogens with zero attached hydrogens (tertiary/aromatic N) is 2. The predicted molar refractivity (Wildman–Crippen MR) is 83.9 cm³/mol. The minimum Gasteiger partial charge on any atom is -0.404 e. The predicted octanol–water partition coefficient (Wildman–Crippen LogP) is 4.00. The van der Waals surface area contributed by atoms with Crippen molar-refractivity contribution in [2.45, 2.75) is 0 Å². The van der Waals surface area contributed by atoms with E-state index in [2.05, 4.69) is 25.8 Å². The second-order valence-corrected chi connectivity index (χ2v) is 4.74. The molecule has 3 nitrogen and oxygen atoms in total. The number of halogens is 1. The Hall–Kier alpha value is -2.12. The summed E-state index contributed by atoms with van der Waals surface area (Å²) in [4.78, 5) is 7.89. The lowest BCUT2D eigenvalue weighted by molar-refractivity contribution is 1.43. The molecule has 0 spiro atoms. The molecule has 2 N–H and O–H groups in total. The number of aliphatic imine (C=N–C) groups is 1. The van der Waals surface area contributed by atoms with Gasteiger partial charge in [0.25, 0.3) is 0 Å². The van der Waals surface area contributed by atoms with Gasteiger partial charge in [0, 0.05) is 18.8 Å². The molecule has 0 aliphatic carbocycles. The van der Waals surface area contributed by atoms with Crippen molar-refractivity contribution < 1.29 is 0 Å². The van der Waals surface area contributed by atoms with Gasteiger partial charge in [-0.25, -0.2) is 4.85 Å². The first-order chi connectivity index (χ1) is 9.22. The zero-order chi connectivity index (χ0) is 13.8. The summed E-state index contributed by atoms with van der Waals surface area (Å²) in [5, 5.41) is 1.97. The summed E-state index contributed by atoms with van der Waals surface area (Å²) in [7, 11) is 1.68. The summed E-state index contributed by atoms with van der Waals surface area (Å²) in [6.07, 6.45) is 1.44. The van der Waals surface area contributed by atoms with Crippen molar-refractivity contribution >= 4 is 38.1 Å². The average Bonchev–Trinajstić information content (AvgIpc) is 2.47. The second kappa shape index (κ2) is 5.68. The Balaban J connectivity index is 2.79. The Morgan fingerprint density at radius 1 is 1.32 bits per heavy atom. The highest BCUT2D eigenvalue weighted by Gasteiger charge is 2.14. The third kappa shape index (κ3) is 2.38. The molecule has 0 bridgehead atoms. The van der Waals surface area contributed by atoms with Gasteiger partial charge < -0.3 is 5.73 Å². The standard InChI is InChI=1S/C15H12BrN3/c1-18-14-11-6-4-3-5-10(11)7-8-12(14)15(19-2)13(16)9-17/h3-9H,17H2,2H3/b13-9+,19-15?. The van der Waals surface area contributed by atoms with Crippen molar-refractivity contribution in [3.05, 3.63) is 64.1 Å². The molecule has 0 heterocycles. The fourth-order valence-corrected chi connectivity index (χ4v) is 2.39. The molecular weight excluding hydrogens is 302 g/mol. The van der Waals surface area contributed by atoms with Gasteiger partial charge in [0.1, 0.15) is 0 Å². The maximum Gasteiger partial charge on any atom is 0.204 e. The SMILES string of the molecule is [C-]#[N+]c1c(C(=NC)/C(Br)=C\N)ccc2ccccc12. The third-order valence-electron chi connectivity index (χ3n) is 2.86. The van der Waals surface area contributed by atoms with E-state index < -0.39 is 0 Å². The molecule has 0 amide bonds. The number of hydrogen-bond donors (Lipinski definition) is 1. The van der Waals surface area contributed by atoms with Crippen molar-refractivity contribution in [1.29, 1.82) is 0 Å². The molecule has 0 unspecified atom stereocenters. The van der Waals surface area contributed by atoms with E-state index in [0.717, 1.165) is 16.3 Å². The first-order valence-corrected chi connectivity index (χ1v) is 6.46. The molecular formula is C15H12BrN3. The number of rotatable bonds is 2. The van der Waals surface area contributed by atoms with Gasteiger partial charge >= 0.3 is 0 Å². The van der Waals surface area contributed by atoms with Crippen LogP contribution in [0.3, 0.4) is 0 Å². The molecule has 94 valence electrons. The van der Waals surface area contributed by atoms with Crippen molar-refractivity contribution in [3.8, 4) is 0 Å². The number of hydrogen-bond acceptors (Lipinski definition) is 2. The maximum absolute atomic E-state index is 7.44. The van der Waals surface area contributed by atoms with Crippen LogP contribution < -0.4 is 5.73 Å². The molecule has 0 saturated carbocycles. The van der Waals surface area contributed by atoms with Gasteiger partial charge in [0.15, 0.2) is 0 Å². The van der Waals surface area contributed by atoms with Crippen LogP contribution in [0.5, 0.6) is 0 Å². The monoisotopic (exact) mass is 313 g/mol. The Bertz CT molecular complexity index is 724. The van der Waals surface area contributed by atoms with Crippen LogP contribution in [-0.4, -0.2) is 12.8 Å². The van der Waals surface area contributed by atoms with Crippen LogP contribution in [0.1, 0.15) is 5.56 Å². The fourth-order valence-electron chi connectivity index (χ4n) is 2.00. The summed E-state index contributed by atoms with van der Waals surface area (Å²) >= 11 is 3.37. The van der Waals surface area contributed by atoms with Crippen LogP contribution in [0.25, 0.3) is 15.6 Å². The van der Waals surface area contributed by atoms with E-state index in [1.165, 1.54) is 6.20 Å². The van der Waals surface area contributed by atoms with Gasteiger partial charge in [-0.15, -0.1) is 0 Å². The van der Waals surface area contributed by atoms with Crippen molar-refractivity contribution in [2.24, 2.45) is 10.7 Å². The quantitative estimate of drug-likeness (QED) is 0.660. The van der Waals surface area contributed by atoms with Crippen LogP contribution in [0.15, 0.2) is 52.1 Å². The smallest absolute Gasteiger partial charge is 0.204 e.